The molecule has 0 heterocycles. The Labute approximate surface area is 125 Å². The smallest absolute Gasteiger partial charge is 0.169 e. The number of hydrogen-bond acceptors (Lipinski definition) is 0. The van der Waals surface area contributed by atoms with Crippen molar-refractivity contribution in [3.05, 3.63) is 90.5 Å². The normalized spacial score (nSPS) is 10.8. The zero-order valence-corrected chi connectivity index (χ0v) is 12.0. The van der Waals surface area contributed by atoms with Crippen LogP contribution in [0.5, 0.6) is 0 Å². The molecule has 0 nitrogen and oxygen atoms in total. The standard InChI is InChI=1S/C18H13F2S/c19-14-6-4-10-17(12-14)21(16-8-2-1-3-9-16)18-11-5-7-15(20)13-18/h1-13H/q+1. The molecule has 21 heavy (non-hydrogen) atoms. The molecule has 3 aromatic carbocycles. The Morgan fingerprint density at radius 2 is 1.00 bits per heavy atom. The highest BCUT2D eigenvalue weighted by Crippen LogP contribution is 2.31. The highest BCUT2D eigenvalue weighted by atomic mass is 32.2. The Morgan fingerprint density at radius 1 is 0.524 bits per heavy atom. The number of benzene rings is 3. The summed E-state index contributed by atoms with van der Waals surface area (Å²) >= 11 is 0. The highest BCUT2D eigenvalue weighted by Gasteiger charge is 2.29. The summed E-state index contributed by atoms with van der Waals surface area (Å²) in [7, 11) is -0.515. The topological polar surface area (TPSA) is 0 Å². The van der Waals surface area contributed by atoms with Crippen LogP contribution in [0.2, 0.25) is 0 Å². The lowest BCUT2D eigenvalue weighted by Gasteiger charge is -2.07. The molecular weight excluding hydrogens is 286 g/mol. The van der Waals surface area contributed by atoms with E-state index in [-0.39, 0.29) is 11.6 Å². The molecule has 0 bridgehead atoms. The molecule has 0 saturated carbocycles. The van der Waals surface area contributed by atoms with Gasteiger partial charge in [-0.2, -0.15) is 0 Å². The summed E-state index contributed by atoms with van der Waals surface area (Å²) in [6.45, 7) is 0. The van der Waals surface area contributed by atoms with Crippen molar-refractivity contribution in [1.29, 1.82) is 0 Å². The number of hydrogen-bond donors (Lipinski definition) is 0. The summed E-state index contributed by atoms with van der Waals surface area (Å²) in [5, 5.41) is 0. The molecular formula is C18H13F2S+. The molecule has 3 rings (SSSR count). The summed E-state index contributed by atoms with van der Waals surface area (Å²) < 4.78 is 27.1. The van der Waals surface area contributed by atoms with E-state index in [4.69, 9.17) is 0 Å². The van der Waals surface area contributed by atoms with Crippen molar-refractivity contribution in [1.82, 2.24) is 0 Å². The zero-order valence-electron chi connectivity index (χ0n) is 11.2. The van der Waals surface area contributed by atoms with Crippen LogP contribution >= 0.6 is 0 Å². The fourth-order valence-electron chi connectivity index (χ4n) is 2.15. The third kappa shape index (κ3) is 3.14. The molecule has 3 aromatic rings. The molecule has 0 aliphatic carbocycles. The van der Waals surface area contributed by atoms with Crippen molar-refractivity contribution in [3.8, 4) is 0 Å². The van der Waals surface area contributed by atoms with E-state index in [1.54, 1.807) is 12.1 Å². The molecule has 0 atom stereocenters. The van der Waals surface area contributed by atoms with Gasteiger partial charge >= 0.3 is 0 Å². The van der Waals surface area contributed by atoms with E-state index >= 15 is 0 Å². The maximum atomic E-state index is 13.6. The first-order valence-corrected chi connectivity index (χ1v) is 7.77. The second-order valence-electron chi connectivity index (χ2n) is 4.53. The first-order chi connectivity index (χ1) is 10.2. The summed E-state index contributed by atoms with van der Waals surface area (Å²) in [5.41, 5.74) is 0. The van der Waals surface area contributed by atoms with Crippen LogP contribution in [0.1, 0.15) is 0 Å². The van der Waals surface area contributed by atoms with E-state index in [0.717, 1.165) is 14.7 Å². The molecule has 0 radical (unpaired) electrons. The van der Waals surface area contributed by atoms with E-state index in [0.29, 0.717) is 0 Å². The van der Waals surface area contributed by atoms with Crippen LogP contribution in [0.15, 0.2) is 93.5 Å². The number of rotatable bonds is 3. The molecule has 3 heteroatoms. The van der Waals surface area contributed by atoms with Crippen molar-refractivity contribution in [3.63, 3.8) is 0 Å². The van der Waals surface area contributed by atoms with Crippen molar-refractivity contribution >= 4 is 10.9 Å². The van der Waals surface area contributed by atoms with Crippen molar-refractivity contribution in [2.24, 2.45) is 0 Å². The Hall–Kier alpha value is -2.13. The summed E-state index contributed by atoms with van der Waals surface area (Å²) in [5.74, 6) is -0.560. The first-order valence-electron chi connectivity index (χ1n) is 6.54. The molecule has 0 N–H and O–H groups in total. The second-order valence-corrected chi connectivity index (χ2v) is 6.56. The molecule has 0 aromatic heterocycles. The van der Waals surface area contributed by atoms with Gasteiger partial charge in [0.15, 0.2) is 14.7 Å². The van der Waals surface area contributed by atoms with Gasteiger partial charge in [0.2, 0.25) is 0 Å². The number of halogens is 2. The quantitative estimate of drug-likeness (QED) is 0.593. The average molecular weight is 299 g/mol. The molecule has 0 spiro atoms. The minimum absolute atomic E-state index is 0.280. The van der Waals surface area contributed by atoms with Crippen LogP contribution < -0.4 is 0 Å². The lowest BCUT2D eigenvalue weighted by molar-refractivity contribution is 0.623. The zero-order chi connectivity index (χ0) is 14.7. The summed E-state index contributed by atoms with van der Waals surface area (Å²) in [6.07, 6.45) is 0. The maximum absolute atomic E-state index is 13.6. The van der Waals surface area contributed by atoms with Gasteiger partial charge in [-0.15, -0.1) is 0 Å². The Bertz CT molecular complexity index is 695. The van der Waals surface area contributed by atoms with Gasteiger partial charge in [-0.1, -0.05) is 30.3 Å². The van der Waals surface area contributed by atoms with E-state index in [2.05, 4.69) is 0 Å². The summed E-state index contributed by atoms with van der Waals surface area (Å²) in [6, 6.07) is 22.8. The minimum Gasteiger partial charge on any atom is -0.207 e. The van der Waals surface area contributed by atoms with Crippen LogP contribution in [0.25, 0.3) is 0 Å². The first kappa shape index (κ1) is 13.8. The minimum atomic E-state index is -0.515. The maximum Gasteiger partial charge on any atom is 0.169 e. The predicted molar refractivity (Wildman–Crippen MR) is 81.4 cm³/mol. The molecule has 0 amide bonds. The Morgan fingerprint density at radius 3 is 1.48 bits per heavy atom. The molecule has 0 aliphatic rings. The third-order valence-corrected chi connectivity index (χ3v) is 5.24. The van der Waals surface area contributed by atoms with Crippen molar-refractivity contribution in [2.75, 3.05) is 0 Å². The highest BCUT2D eigenvalue weighted by molar-refractivity contribution is 7.97. The average Bonchev–Trinajstić information content (AvgIpc) is 2.49. The van der Waals surface area contributed by atoms with Gasteiger partial charge in [0.1, 0.15) is 11.6 Å². The lowest BCUT2D eigenvalue weighted by atomic mass is 10.3. The van der Waals surface area contributed by atoms with Crippen molar-refractivity contribution in [2.45, 2.75) is 14.7 Å². The third-order valence-electron chi connectivity index (χ3n) is 3.04. The van der Waals surface area contributed by atoms with E-state index in [9.17, 15) is 8.78 Å². The molecule has 0 aliphatic heterocycles. The van der Waals surface area contributed by atoms with Gasteiger partial charge in [0.25, 0.3) is 0 Å². The largest absolute Gasteiger partial charge is 0.207 e. The fraction of sp³-hybridized carbons (Fsp3) is 0. The molecule has 0 fully saturated rings. The van der Waals surface area contributed by atoms with E-state index in [1.807, 2.05) is 42.5 Å². The van der Waals surface area contributed by atoms with Gasteiger partial charge in [-0.05, 0) is 36.4 Å². The Balaban J connectivity index is 2.16. The molecule has 104 valence electrons. The summed E-state index contributed by atoms with van der Waals surface area (Å²) in [4.78, 5) is 2.72. The SMILES string of the molecule is Fc1cccc([S+](c2ccccc2)c2cccc(F)c2)c1. The van der Waals surface area contributed by atoms with Crippen LogP contribution in [0.3, 0.4) is 0 Å². The lowest BCUT2D eigenvalue weighted by Crippen LogP contribution is -2.05. The van der Waals surface area contributed by atoms with Gasteiger partial charge in [-0.3, -0.25) is 0 Å². The fourth-order valence-corrected chi connectivity index (χ4v) is 4.29. The van der Waals surface area contributed by atoms with E-state index < -0.39 is 10.9 Å². The van der Waals surface area contributed by atoms with Crippen LogP contribution in [0, 0.1) is 11.6 Å². The van der Waals surface area contributed by atoms with Crippen LogP contribution in [-0.4, -0.2) is 0 Å². The van der Waals surface area contributed by atoms with Gasteiger partial charge in [-0.25, -0.2) is 8.78 Å². The van der Waals surface area contributed by atoms with Gasteiger partial charge in [0, 0.05) is 12.1 Å². The van der Waals surface area contributed by atoms with Crippen LogP contribution in [0.4, 0.5) is 8.78 Å². The molecule has 0 unspecified atom stereocenters. The van der Waals surface area contributed by atoms with Crippen LogP contribution in [-0.2, 0) is 10.9 Å². The van der Waals surface area contributed by atoms with E-state index in [1.165, 1.54) is 24.3 Å². The van der Waals surface area contributed by atoms with Gasteiger partial charge in [0.05, 0.1) is 10.9 Å². The predicted octanol–water partition coefficient (Wildman–Crippen LogP) is 5.06. The monoisotopic (exact) mass is 299 g/mol. The Kier molecular flexibility index (Phi) is 4.02. The van der Waals surface area contributed by atoms with Crippen molar-refractivity contribution < 1.29 is 8.78 Å². The van der Waals surface area contributed by atoms with Gasteiger partial charge < -0.3 is 0 Å². The second kappa shape index (κ2) is 6.10. The molecule has 0 saturated heterocycles.